The molecule has 2 heterocycles. The quantitative estimate of drug-likeness (QED) is 0.330. The molecular weight excluding hydrogens is 435 g/mol. The van der Waals surface area contributed by atoms with Crippen LogP contribution in [0, 0.1) is 5.82 Å². The van der Waals surface area contributed by atoms with Gasteiger partial charge < -0.3 is 20.1 Å². The second-order valence-corrected chi connectivity index (χ2v) is 7.54. The Bertz CT molecular complexity index is 1530. The summed E-state index contributed by atoms with van der Waals surface area (Å²) in [7, 11) is 1.55. The Labute approximate surface area is 193 Å². The van der Waals surface area contributed by atoms with Gasteiger partial charge in [-0.15, -0.1) is 0 Å². The van der Waals surface area contributed by atoms with Crippen molar-refractivity contribution in [2.75, 3.05) is 12.4 Å². The third kappa shape index (κ3) is 3.93. The number of aromatic amines is 1. The van der Waals surface area contributed by atoms with Gasteiger partial charge in [-0.25, -0.2) is 14.4 Å². The number of aromatic nitrogens is 3. The lowest BCUT2D eigenvalue weighted by Gasteiger charge is -2.09. The fraction of sp³-hybridized carbons (Fsp3) is 0.0385. The summed E-state index contributed by atoms with van der Waals surface area (Å²) in [6, 6.07) is 19.7. The molecule has 0 radical (unpaired) electrons. The number of halogens is 1. The third-order valence-electron chi connectivity index (χ3n) is 5.39. The van der Waals surface area contributed by atoms with Crippen molar-refractivity contribution in [3.8, 4) is 34.1 Å². The van der Waals surface area contributed by atoms with Crippen LogP contribution in [0.4, 0.5) is 10.1 Å². The lowest BCUT2D eigenvalue weighted by Crippen LogP contribution is -2.12. The van der Waals surface area contributed by atoms with Crippen LogP contribution in [-0.2, 0) is 0 Å². The molecule has 0 saturated heterocycles. The summed E-state index contributed by atoms with van der Waals surface area (Å²) in [5.41, 5.74) is 3.70. The van der Waals surface area contributed by atoms with Crippen LogP contribution in [0.1, 0.15) is 10.4 Å². The number of nitrogens with one attached hydrogen (secondary N) is 2. The number of phenolic OH excluding ortho intramolecular Hbond substituents is 1. The average Bonchev–Trinajstić information content (AvgIpc) is 3.29. The minimum atomic E-state index is -0.513. The highest BCUT2D eigenvalue weighted by molar-refractivity contribution is 6.06. The lowest BCUT2D eigenvalue weighted by atomic mass is 10.0. The van der Waals surface area contributed by atoms with Crippen molar-refractivity contribution in [1.82, 2.24) is 15.0 Å². The Hall–Kier alpha value is -4.72. The number of carbonyl (C=O) groups excluding carboxylic acids is 1. The highest BCUT2D eigenvalue weighted by atomic mass is 19.1. The fourth-order valence-electron chi connectivity index (χ4n) is 3.70. The molecule has 168 valence electrons. The summed E-state index contributed by atoms with van der Waals surface area (Å²) in [4.78, 5) is 24.6. The molecule has 7 nitrogen and oxygen atoms in total. The zero-order valence-corrected chi connectivity index (χ0v) is 18.0. The summed E-state index contributed by atoms with van der Waals surface area (Å²) < 4.78 is 19.2. The van der Waals surface area contributed by atoms with Crippen LogP contribution in [-0.4, -0.2) is 33.1 Å². The normalized spacial score (nSPS) is 10.9. The molecule has 0 bridgehead atoms. The maximum absolute atomic E-state index is 13.9. The second-order valence-electron chi connectivity index (χ2n) is 7.54. The number of carbonyl (C=O) groups is 1. The van der Waals surface area contributed by atoms with Crippen LogP contribution in [0.15, 0.2) is 79.0 Å². The van der Waals surface area contributed by atoms with Crippen LogP contribution in [0.2, 0.25) is 0 Å². The maximum atomic E-state index is 13.9. The number of anilines is 1. The minimum Gasteiger partial charge on any atom is -0.507 e. The minimum absolute atomic E-state index is 0.0446. The monoisotopic (exact) mass is 454 g/mol. The number of hydrogen-bond acceptors (Lipinski definition) is 5. The molecule has 0 aliphatic heterocycles. The van der Waals surface area contributed by atoms with E-state index in [-0.39, 0.29) is 11.4 Å². The number of amides is 1. The number of imidazole rings is 1. The van der Waals surface area contributed by atoms with E-state index in [1.807, 2.05) is 6.07 Å². The predicted octanol–water partition coefficient (Wildman–Crippen LogP) is 5.40. The second kappa shape index (κ2) is 8.67. The number of pyridine rings is 1. The van der Waals surface area contributed by atoms with E-state index in [1.54, 1.807) is 67.9 Å². The Balaban J connectivity index is 1.49. The van der Waals surface area contributed by atoms with E-state index in [4.69, 9.17) is 4.74 Å². The molecule has 0 spiro atoms. The molecule has 0 unspecified atom stereocenters. The lowest BCUT2D eigenvalue weighted by molar-refractivity contribution is 0.102. The molecule has 5 rings (SSSR count). The first-order valence-electron chi connectivity index (χ1n) is 10.4. The number of phenols is 1. The number of fused-ring (bicyclic) bond motifs is 1. The Kier molecular flexibility index (Phi) is 5.39. The summed E-state index contributed by atoms with van der Waals surface area (Å²) in [5.74, 6) is -0.0145. The van der Waals surface area contributed by atoms with Gasteiger partial charge in [-0.1, -0.05) is 18.2 Å². The summed E-state index contributed by atoms with van der Waals surface area (Å²) in [6.45, 7) is 0. The number of ether oxygens (including phenoxy) is 1. The van der Waals surface area contributed by atoms with Crippen LogP contribution in [0.3, 0.4) is 0 Å². The predicted molar refractivity (Wildman–Crippen MR) is 127 cm³/mol. The smallest absolute Gasteiger partial charge is 0.255 e. The standard InChI is InChI=1S/C26H19FN4O3/c1-34-26-17(5-4-12-28-26)15-9-11-23(32)18(13-15)24-29-21-10-8-16(14-22(21)30-24)25(33)31-20-7-3-2-6-19(20)27/h2-14,32H,1H3,(H,29,30)(H,31,33). The number of nitrogens with zero attached hydrogens (tertiary/aromatic N) is 2. The largest absolute Gasteiger partial charge is 0.507 e. The van der Waals surface area contributed by atoms with Gasteiger partial charge in [0, 0.05) is 17.3 Å². The van der Waals surface area contributed by atoms with Crippen LogP contribution < -0.4 is 10.1 Å². The van der Waals surface area contributed by atoms with Gasteiger partial charge in [-0.05, 0) is 60.2 Å². The first-order chi connectivity index (χ1) is 16.5. The number of para-hydroxylation sites is 1. The van der Waals surface area contributed by atoms with Gasteiger partial charge in [0.25, 0.3) is 5.91 Å². The Morgan fingerprint density at radius 2 is 1.88 bits per heavy atom. The molecule has 0 fully saturated rings. The average molecular weight is 454 g/mol. The van der Waals surface area contributed by atoms with Crippen molar-refractivity contribution in [3.05, 3.63) is 90.4 Å². The molecule has 0 saturated carbocycles. The van der Waals surface area contributed by atoms with E-state index in [1.165, 1.54) is 12.1 Å². The number of methoxy groups -OCH3 is 1. The van der Waals surface area contributed by atoms with Gasteiger partial charge in [0.15, 0.2) is 0 Å². The summed E-state index contributed by atoms with van der Waals surface area (Å²) in [6.07, 6.45) is 1.64. The molecular formula is C26H19FN4O3. The molecule has 3 N–H and O–H groups in total. The van der Waals surface area contributed by atoms with E-state index >= 15 is 0 Å². The van der Waals surface area contributed by atoms with Gasteiger partial charge in [0.05, 0.1) is 29.4 Å². The first kappa shape index (κ1) is 21.1. The third-order valence-corrected chi connectivity index (χ3v) is 5.39. The van der Waals surface area contributed by atoms with Crippen molar-refractivity contribution in [1.29, 1.82) is 0 Å². The van der Waals surface area contributed by atoms with Crippen molar-refractivity contribution >= 4 is 22.6 Å². The number of aromatic hydroxyl groups is 1. The van der Waals surface area contributed by atoms with Crippen molar-refractivity contribution in [2.45, 2.75) is 0 Å². The van der Waals surface area contributed by atoms with Crippen molar-refractivity contribution < 1.29 is 19.0 Å². The Morgan fingerprint density at radius 1 is 1.03 bits per heavy atom. The van der Waals surface area contributed by atoms with Crippen molar-refractivity contribution in [2.24, 2.45) is 0 Å². The number of benzene rings is 3. The van der Waals surface area contributed by atoms with E-state index in [0.29, 0.717) is 33.9 Å². The maximum Gasteiger partial charge on any atom is 0.255 e. The molecule has 5 aromatic rings. The number of rotatable bonds is 5. The van der Waals surface area contributed by atoms with Gasteiger partial charge in [-0.3, -0.25) is 4.79 Å². The van der Waals surface area contributed by atoms with E-state index in [2.05, 4.69) is 20.3 Å². The highest BCUT2D eigenvalue weighted by Crippen LogP contribution is 2.35. The van der Waals surface area contributed by atoms with Crippen LogP contribution >= 0.6 is 0 Å². The van der Waals surface area contributed by atoms with Crippen LogP contribution in [0.5, 0.6) is 11.6 Å². The van der Waals surface area contributed by atoms with Crippen LogP contribution in [0.25, 0.3) is 33.5 Å². The Morgan fingerprint density at radius 3 is 2.71 bits per heavy atom. The summed E-state index contributed by atoms with van der Waals surface area (Å²) in [5, 5.41) is 13.1. The van der Waals surface area contributed by atoms with Gasteiger partial charge in [0.2, 0.25) is 5.88 Å². The molecule has 3 aromatic carbocycles. The first-order valence-corrected chi connectivity index (χ1v) is 10.4. The molecule has 0 aliphatic rings. The van der Waals surface area contributed by atoms with Crippen molar-refractivity contribution in [3.63, 3.8) is 0 Å². The zero-order chi connectivity index (χ0) is 23.7. The van der Waals surface area contributed by atoms with E-state index in [9.17, 15) is 14.3 Å². The zero-order valence-electron chi connectivity index (χ0n) is 18.0. The molecule has 1 amide bonds. The van der Waals surface area contributed by atoms with Gasteiger partial charge in [-0.2, -0.15) is 0 Å². The summed E-state index contributed by atoms with van der Waals surface area (Å²) >= 11 is 0. The topological polar surface area (TPSA) is 100 Å². The number of hydrogen-bond donors (Lipinski definition) is 3. The molecule has 34 heavy (non-hydrogen) atoms. The highest BCUT2D eigenvalue weighted by Gasteiger charge is 2.15. The fourth-order valence-corrected chi connectivity index (χ4v) is 3.70. The molecule has 8 heteroatoms. The molecule has 2 aromatic heterocycles. The molecule has 0 aliphatic carbocycles. The van der Waals surface area contributed by atoms with Gasteiger partial charge >= 0.3 is 0 Å². The number of H-pyrrole nitrogens is 1. The van der Waals surface area contributed by atoms with E-state index in [0.717, 1.165) is 11.1 Å². The SMILES string of the molecule is COc1ncccc1-c1ccc(O)c(-c2nc3ccc(C(=O)Nc4ccccc4F)cc3[nH]2)c1. The van der Waals surface area contributed by atoms with Gasteiger partial charge in [0.1, 0.15) is 17.4 Å². The molecule has 0 atom stereocenters. The van der Waals surface area contributed by atoms with E-state index < -0.39 is 11.7 Å².